The third-order valence-electron chi connectivity index (χ3n) is 4.73. The molecule has 1 saturated heterocycles. The van der Waals surface area contributed by atoms with E-state index >= 15 is 0 Å². The van der Waals surface area contributed by atoms with Gasteiger partial charge in [0.2, 0.25) is 0 Å². The molecule has 2 aliphatic rings. The Hall–Kier alpha value is -1.20. The minimum atomic E-state index is -0.249. The highest BCUT2D eigenvalue weighted by Crippen LogP contribution is 2.25. The molecule has 0 aromatic carbocycles. The minimum Gasteiger partial charge on any atom is -0.353 e. The van der Waals surface area contributed by atoms with Gasteiger partial charge in [0, 0.05) is 43.3 Å². The molecule has 1 N–H and O–H groups in total. The lowest BCUT2D eigenvalue weighted by Gasteiger charge is -2.43. The number of nitrogens with zero attached hydrogens (tertiary/aromatic N) is 3. The Labute approximate surface area is 126 Å². The van der Waals surface area contributed by atoms with Gasteiger partial charge in [-0.3, -0.25) is 4.90 Å². The van der Waals surface area contributed by atoms with Crippen molar-refractivity contribution in [2.75, 3.05) is 25.0 Å². The fraction of sp³-hybridized carbons (Fsp3) is 0.688. The van der Waals surface area contributed by atoms with E-state index in [-0.39, 0.29) is 5.82 Å². The predicted molar refractivity (Wildman–Crippen MR) is 83.0 cm³/mol. The highest BCUT2D eigenvalue weighted by Gasteiger charge is 2.29. The number of halogens is 1. The van der Waals surface area contributed by atoms with Gasteiger partial charge in [0.1, 0.15) is 11.6 Å². The predicted octanol–water partition coefficient (Wildman–Crippen LogP) is 2.00. The fourth-order valence-electron chi connectivity index (χ4n) is 3.01. The molecule has 2 atom stereocenters. The average molecular weight is 292 g/mol. The summed E-state index contributed by atoms with van der Waals surface area (Å²) >= 11 is 0. The van der Waals surface area contributed by atoms with Gasteiger partial charge in [-0.25, -0.2) is 9.37 Å². The molecule has 2 fully saturated rings. The summed E-state index contributed by atoms with van der Waals surface area (Å²) in [6.45, 7) is 7.05. The first kappa shape index (κ1) is 14.7. The van der Waals surface area contributed by atoms with Crippen molar-refractivity contribution in [3.8, 4) is 0 Å². The largest absolute Gasteiger partial charge is 0.353 e. The normalized spacial score (nSPS) is 27.1. The van der Waals surface area contributed by atoms with Gasteiger partial charge in [0.05, 0.1) is 6.20 Å². The third-order valence-corrected chi connectivity index (χ3v) is 4.73. The molecule has 4 nitrogen and oxygen atoms in total. The maximum Gasteiger partial charge on any atom is 0.141 e. The van der Waals surface area contributed by atoms with Crippen molar-refractivity contribution in [1.29, 1.82) is 0 Å². The molecule has 0 radical (unpaired) electrons. The average Bonchev–Trinajstić information content (AvgIpc) is 3.26. The number of anilines is 1. The van der Waals surface area contributed by atoms with E-state index < -0.39 is 0 Å². The molecule has 2 heterocycles. The van der Waals surface area contributed by atoms with E-state index in [1.807, 2.05) is 0 Å². The smallest absolute Gasteiger partial charge is 0.141 e. The van der Waals surface area contributed by atoms with Crippen LogP contribution in [0.1, 0.15) is 32.3 Å². The summed E-state index contributed by atoms with van der Waals surface area (Å²) in [5.41, 5.74) is 0.978. The summed E-state index contributed by atoms with van der Waals surface area (Å²) < 4.78 is 13.6. The number of piperazine rings is 1. The monoisotopic (exact) mass is 292 g/mol. The van der Waals surface area contributed by atoms with E-state index in [2.05, 4.69) is 41.0 Å². The molecular weight excluding hydrogens is 267 g/mol. The van der Waals surface area contributed by atoms with E-state index in [9.17, 15) is 4.39 Å². The zero-order valence-corrected chi connectivity index (χ0v) is 13.1. The van der Waals surface area contributed by atoms with Gasteiger partial charge in [0.15, 0.2) is 0 Å². The first-order chi connectivity index (χ1) is 10.0. The second kappa shape index (κ2) is 5.89. The first-order valence-corrected chi connectivity index (χ1v) is 7.89. The summed E-state index contributed by atoms with van der Waals surface area (Å²) in [7, 11) is 2.17. The Kier molecular flexibility index (Phi) is 4.13. The molecule has 5 heteroatoms. The summed E-state index contributed by atoms with van der Waals surface area (Å²) in [5.74, 6) is 0.693. The number of hydrogen-bond donors (Lipinski definition) is 1. The Bertz CT molecular complexity index is 491. The Morgan fingerprint density at radius 2 is 1.95 bits per heavy atom. The van der Waals surface area contributed by atoms with Crippen LogP contribution in [-0.4, -0.2) is 48.1 Å². The van der Waals surface area contributed by atoms with Crippen LogP contribution in [-0.2, 0) is 6.54 Å². The van der Waals surface area contributed by atoms with Crippen LogP contribution >= 0.6 is 0 Å². The van der Waals surface area contributed by atoms with Gasteiger partial charge in [-0.2, -0.15) is 0 Å². The number of rotatable bonds is 4. The summed E-state index contributed by atoms with van der Waals surface area (Å²) in [6, 6.07) is 3.20. The molecule has 3 rings (SSSR count). The van der Waals surface area contributed by atoms with Gasteiger partial charge >= 0.3 is 0 Å². The van der Waals surface area contributed by atoms with Crippen LogP contribution in [0.3, 0.4) is 0 Å². The first-order valence-electron chi connectivity index (χ1n) is 7.89. The molecule has 1 saturated carbocycles. The summed E-state index contributed by atoms with van der Waals surface area (Å²) in [4.78, 5) is 9.08. The van der Waals surface area contributed by atoms with Crippen LogP contribution in [0.25, 0.3) is 0 Å². The van der Waals surface area contributed by atoms with Crippen molar-refractivity contribution < 1.29 is 4.39 Å². The molecule has 0 amide bonds. The molecule has 0 spiro atoms. The van der Waals surface area contributed by atoms with Crippen molar-refractivity contribution in [3.05, 3.63) is 23.6 Å². The highest BCUT2D eigenvalue weighted by molar-refractivity contribution is 5.48. The lowest BCUT2D eigenvalue weighted by molar-refractivity contribution is 0.169. The standard InChI is InChI=1S/C16H25FN4/c1-11-9-21(10-12(2)20(11)3)16-13(6-14(17)8-19-16)7-18-15-4-5-15/h6,8,11-12,15,18H,4-5,7,9-10H2,1-3H3. The molecule has 21 heavy (non-hydrogen) atoms. The van der Waals surface area contributed by atoms with Crippen LogP contribution < -0.4 is 10.2 Å². The Morgan fingerprint density at radius 3 is 2.57 bits per heavy atom. The van der Waals surface area contributed by atoms with E-state index in [4.69, 9.17) is 0 Å². The van der Waals surface area contributed by atoms with Gasteiger partial charge in [-0.05, 0) is 39.8 Å². The lowest BCUT2D eigenvalue weighted by atomic mass is 10.1. The fourth-order valence-corrected chi connectivity index (χ4v) is 3.01. The number of aromatic nitrogens is 1. The van der Waals surface area contributed by atoms with E-state index in [1.165, 1.54) is 19.0 Å². The van der Waals surface area contributed by atoms with Gasteiger partial charge in [-0.1, -0.05) is 0 Å². The molecule has 1 aromatic heterocycles. The van der Waals surface area contributed by atoms with Crippen LogP contribution in [0.4, 0.5) is 10.2 Å². The van der Waals surface area contributed by atoms with Gasteiger partial charge < -0.3 is 10.2 Å². The number of likely N-dealkylation sites (N-methyl/N-ethyl adjacent to an activating group) is 1. The molecule has 1 aliphatic heterocycles. The van der Waals surface area contributed by atoms with Crippen molar-refractivity contribution in [2.24, 2.45) is 0 Å². The second-order valence-corrected chi connectivity index (χ2v) is 6.56. The number of nitrogens with one attached hydrogen (secondary N) is 1. The maximum atomic E-state index is 13.6. The zero-order chi connectivity index (χ0) is 15.0. The molecule has 116 valence electrons. The zero-order valence-electron chi connectivity index (χ0n) is 13.1. The third kappa shape index (κ3) is 3.35. The van der Waals surface area contributed by atoms with Crippen molar-refractivity contribution in [1.82, 2.24) is 15.2 Å². The Morgan fingerprint density at radius 1 is 1.29 bits per heavy atom. The van der Waals surface area contributed by atoms with E-state index in [0.717, 1.165) is 24.5 Å². The maximum absolute atomic E-state index is 13.6. The van der Waals surface area contributed by atoms with Crippen molar-refractivity contribution >= 4 is 5.82 Å². The molecule has 2 unspecified atom stereocenters. The van der Waals surface area contributed by atoms with Crippen LogP contribution in [0.2, 0.25) is 0 Å². The Balaban J connectivity index is 1.79. The molecule has 1 aromatic rings. The van der Waals surface area contributed by atoms with E-state index in [1.54, 1.807) is 6.07 Å². The molecule has 0 bridgehead atoms. The number of pyridine rings is 1. The van der Waals surface area contributed by atoms with Crippen LogP contribution in [0, 0.1) is 5.82 Å². The topological polar surface area (TPSA) is 31.4 Å². The van der Waals surface area contributed by atoms with Crippen LogP contribution in [0.15, 0.2) is 12.3 Å². The molecular formula is C16H25FN4. The summed E-state index contributed by atoms with van der Waals surface area (Å²) in [6.07, 6.45) is 3.81. The van der Waals surface area contributed by atoms with Crippen LogP contribution in [0.5, 0.6) is 0 Å². The quantitative estimate of drug-likeness (QED) is 0.920. The SMILES string of the molecule is CC1CN(c2ncc(F)cc2CNC2CC2)CC(C)N1C. The van der Waals surface area contributed by atoms with Gasteiger partial charge in [-0.15, -0.1) is 0 Å². The van der Waals surface area contributed by atoms with Crippen molar-refractivity contribution in [3.63, 3.8) is 0 Å². The second-order valence-electron chi connectivity index (χ2n) is 6.56. The summed E-state index contributed by atoms with van der Waals surface area (Å²) in [5, 5.41) is 3.47. The van der Waals surface area contributed by atoms with Gasteiger partial charge in [0.25, 0.3) is 0 Å². The molecule has 1 aliphatic carbocycles. The number of hydrogen-bond acceptors (Lipinski definition) is 4. The van der Waals surface area contributed by atoms with E-state index in [0.29, 0.717) is 24.7 Å². The lowest BCUT2D eigenvalue weighted by Crippen LogP contribution is -2.55. The minimum absolute atomic E-state index is 0.249. The van der Waals surface area contributed by atoms with Crippen molar-refractivity contribution in [2.45, 2.75) is 51.4 Å². The highest BCUT2D eigenvalue weighted by atomic mass is 19.1.